The summed E-state index contributed by atoms with van der Waals surface area (Å²) in [5, 5.41) is 35.1. The molecule has 0 aliphatic heterocycles. The monoisotopic (exact) mass is 523 g/mol. The summed E-state index contributed by atoms with van der Waals surface area (Å²) < 4.78 is 0. The van der Waals surface area contributed by atoms with Gasteiger partial charge < -0.3 is 48.5 Å². The number of nitrogens with two attached hydrogens (primary N) is 3. The van der Waals surface area contributed by atoms with Crippen LogP contribution in [-0.4, -0.2) is 82.2 Å². The Bertz CT molecular complexity index is 980. The van der Waals surface area contributed by atoms with Crippen molar-refractivity contribution < 1.29 is 39.3 Å². The van der Waals surface area contributed by atoms with Crippen molar-refractivity contribution in [2.24, 2.45) is 22.2 Å². The fourth-order valence-corrected chi connectivity index (χ4v) is 3.17. The second-order valence-electron chi connectivity index (χ2n) is 8.04. The molecule has 37 heavy (non-hydrogen) atoms. The Morgan fingerprint density at radius 3 is 2.00 bits per heavy atom. The fraction of sp³-hybridized carbons (Fsp3) is 0.455. The molecule has 0 aliphatic rings. The van der Waals surface area contributed by atoms with E-state index in [1.165, 1.54) is 24.3 Å². The molecule has 15 heteroatoms. The predicted molar refractivity (Wildman–Crippen MR) is 131 cm³/mol. The number of carbonyl (C=O) groups excluding carboxylic acids is 3. The van der Waals surface area contributed by atoms with Crippen LogP contribution in [0.3, 0.4) is 0 Å². The molecule has 0 heterocycles. The summed E-state index contributed by atoms with van der Waals surface area (Å²) >= 11 is 0. The predicted octanol–water partition coefficient (Wildman–Crippen LogP) is -2.65. The third-order valence-corrected chi connectivity index (χ3v) is 5.05. The van der Waals surface area contributed by atoms with E-state index in [2.05, 4.69) is 20.9 Å². The third kappa shape index (κ3) is 12.2. The number of aliphatic imine (C=N–C) groups is 1. The zero-order chi connectivity index (χ0) is 28.0. The van der Waals surface area contributed by atoms with Crippen molar-refractivity contribution >= 4 is 35.6 Å². The zero-order valence-electron chi connectivity index (χ0n) is 20.1. The van der Waals surface area contributed by atoms with E-state index < -0.39 is 60.8 Å². The normalized spacial score (nSPS) is 12.9. The highest BCUT2D eigenvalue weighted by Crippen LogP contribution is 2.12. The lowest BCUT2D eigenvalue weighted by molar-refractivity contribution is -0.143. The maximum absolute atomic E-state index is 13.0. The number of aliphatic carboxylic acids is 2. The smallest absolute Gasteiger partial charge is 0.326 e. The van der Waals surface area contributed by atoms with E-state index in [1.807, 2.05) is 0 Å². The first-order valence-electron chi connectivity index (χ1n) is 11.3. The topological polar surface area (TPSA) is 273 Å². The van der Waals surface area contributed by atoms with Gasteiger partial charge in [0.2, 0.25) is 17.7 Å². The minimum absolute atomic E-state index is 0.00701. The molecule has 15 nitrogen and oxygen atoms in total. The van der Waals surface area contributed by atoms with Gasteiger partial charge in [-0.3, -0.25) is 24.2 Å². The van der Waals surface area contributed by atoms with Crippen molar-refractivity contribution in [3.05, 3.63) is 29.8 Å². The SMILES string of the molecule is NCC(=O)NC(Cc1ccc(O)cc1)C(=O)NC(CCC(=O)O)C(=O)NC(CCCN=C(N)N)C(=O)O. The highest BCUT2D eigenvalue weighted by Gasteiger charge is 2.30. The summed E-state index contributed by atoms with van der Waals surface area (Å²) in [7, 11) is 0. The highest BCUT2D eigenvalue weighted by molar-refractivity contribution is 5.94. The number of hydrogen-bond acceptors (Lipinski definition) is 8. The van der Waals surface area contributed by atoms with Gasteiger partial charge in [-0.2, -0.15) is 0 Å². The second-order valence-corrected chi connectivity index (χ2v) is 8.04. The molecule has 0 saturated carbocycles. The van der Waals surface area contributed by atoms with Crippen LogP contribution in [0.1, 0.15) is 31.2 Å². The Labute approximate surface area is 212 Å². The summed E-state index contributed by atoms with van der Waals surface area (Å²) in [6.45, 7) is -0.288. The van der Waals surface area contributed by atoms with Gasteiger partial charge in [0.05, 0.1) is 6.54 Å². The van der Waals surface area contributed by atoms with Crippen LogP contribution in [0.2, 0.25) is 0 Å². The van der Waals surface area contributed by atoms with Crippen molar-refractivity contribution in [3.8, 4) is 5.75 Å². The minimum Gasteiger partial charge on any atom is -0.508 e. The molecular formula is C22H33N7O8. The number of rotatable bonds is 16. The number of carboxylic acids is 2. The fourth-order valence-electron chi connectivity index (χ4n) is 3.17. The van der Waals surface area contributed by atoms with Crippen molar-refractivity contribution in [2.45, 2.75) is 50.2 Å². The van der Waals surface area contributed by atoms with Crippen molar-refractivity contribution in [2.75, 3.05) is 13.1 Å². The van der Waals surface area contributed by atoms with E-state index in [0.29, 0.717) is 5.56 Å². The van der Waals surface area contributed by atoms with E-state index in [1.54, 1.807) is 0 Å². The molecule has 1 aromatic rings. The van der Waals surface area contributed by atoms with Gasteiger partial charge in [-0.05, 0) is 37.0 Å². The molecule has 12 N–H and O–H groups in total. The summed E-state index contributed by atoms with van der Waals surface area (Å²) in [5.41, 5.74) is 16.3. The number of nitrogens with zero attached hydrogens (tertiary/aromatic N) is 1. The summed E-state index contributed by atoms with van der Waals surface area (Å²) in [6.07, 6.45) is -0.690. The second kappa shape index (κ2) is 15.6. The van der Waals surface area contributed by atoms with Crippen molar-refractivity contribution in [1.82, 2.24) is 16.0 Å². The largest absolute Gasteiger partial charge is 0.508 e. The molecule has 1 aromatic carbocycles. The average molecular weight is 524 g/mol. The number of phenols is 1. The molecule has 3 atom stereocenters. The van der Waals surface area contributed by atoms with E-state index in [4.69, 9.17) is 22.3 Å². The maximum Gasteiger partial charge on any atom is 0.326 e. The number of hydrogen-bond donors (Lipinski definition) is 9. The molecule has 1 rings (SSSR count). The quantitative estimate of drug-likeness (QED) is 0.0613. The Kier molecular flexibility index (Phi) is 12.9. The van der Waals surface area contributed by atoms with Gasteiger partial charge in [0.15, 0.2) is 5.96 Å². The number of nitrogens with one attached hydrogen (secondary N) is 3. The highest BCUT2D eigenvalue weighted by atomic mass is 16.4. The molecule has 0 aliphatic carbocycles. The number of phenolic OH excluding ortho intramolecular Hbond substituents is 1. The van der Waals surface area contributed by atoms with E-state index in [9.17, 15) is 34.2 Å². The first-order valence-corrected chi connectivity index (χ1v) is 11.3. The van der Waals surface area contributed by atoms with Crippen LogP contribution in [0.5, 0.6) is 5.75 Å². The van der Waals surface area contributed by atoms with E-state index >= 15 is 0 Å². The van der Waals surface area contributed by atoms with Crippen molar-refractivity contribution in [1.29, 1.82) is 0 Å². The number of carboxylic acid groups (broad SMARTS) is 2. The van der Waals surface area contributed by atoms with Crippen LogP contribution in [-0.2, 0) is 30.4 Å². The lowest BCUT2D eigenvalue weighted by Gasteiger charge is -2.24. The molecule has 0 spiro atoms. The van der Waals surface area contributed by atoms with Crippen LogP contribution in [0.4, 0.5) is 0 Å². The van der Waals surface area contributed by atoms with Gasteiger partial charge in [0.1, 0.15) is 23.9 Å². The van der Waals surface area contributed by atoms with Gasteiger partial charge in [0, 0.05) is 19.4 Å². The number of benzene rings is 1. The summed E-state index contributed by atoms with van der Waals surface area (Å²) in [5.74, 6) is -5.16. The lowest BCUT2D eigenvalue weighted by atomic mass is 10.0. The van der Waals surface area contributed by atoms with E-state index in [0.717, 1.165) is 0 Å². The van der Waals surface area contributed by atoms with Gasteiger partial charge >= 0.3 is 11.9 Å². The molecule has 204 valence electrons. The van der Waals surface area contributed by atoms with Crippen LogP contribution in [0, 0.1) is 0 Å². The third-order valence-electron chi connectivity index (χ3n) is 5.05. The molecule has 3 amide bonds. The molecule has 0 saturated heterocycles. The van der Waals surface area contributed by atoms with E-state index in [-0.39, 0.29) is 43.9 Å². The van der Waals surface area contributed by atoms with Gasteiger partial charge in [-0.1, -0.05) is 12.1 Å². The Morgan fingerprint density at radius 1 is 0.865 bits per heavy atom. The van der Waals surface area contributed by atoms with Gasteiger partial charge in [-0.15, -0.1) is 0 Å². The number of carbonyl (C=O) groups is 5. The molecular weight excluding hydrogens is 490 g/mol. The number of aromatic hydroxyl groups is 1. The van der Waals surface area contributed by atoms with Crippen LogP contribution >= 0.6 is 0 Å². The molecule has 3 unspecified atom stereocenters. The standard InChI is InChI=1S/C22H33N7O8/c23-11-17(31)27-16(10-12-3-5-13(30)6-4-12)20(35)28-14(7-8-18(32)33)19(34)29-15(21(36)37)2-1-9-26-22(24)25/h3-6,14-16,30H,1-2,7-11,23H2,(H,27,31)(H,28,35)(H,29,34)(H,32,33)(H,36,37)(H4,24,25,26). The number of amides is 3. The Morgan fingerprint density at radius 2 is 1.46 bits per heavy atom. The van der Waals surface area contributed by atoms with Crippen LogP contribution in [0.25, 0.3) is 0 Å². The number of guanidine groups is 1. The Balaban J connectivity index is 3.02. The summed E-state index contributed by atoms with van der Waals surface area (Å²) in [6, 6.07) is 1.86. The Hall–Kier alpha value is -4.40. The molecule has 0 radical (unpaired) electrons. The van der Waals surface area contributed by atoms with Crippen molar-refractivity contribution in [3.63, 3.8) is 0 Å². The molecule has 0 aromatic heterocycles. The first kappa shape index (κ1) is 30.6. The zero-order valence-corrected chi connectivity index (χ0v) is 20.1. The van der Waals surface area contributed by atoms with Gasteiger partial charge in [0.25, 0.3) is 0 Å². The van der Waals surface area contributed by atoms with Gasteiger partial charge in [-0.25, -0.2) is 4.79 Å². The molecule has 0 bridgehead atoms. The lowest BCUT2D eigenvalue weighted by Crippen LogP contribution is -2.56. The first-order chi connectivity index (χ1) is 17.4. The average Bonchev–Trinajstić information content (AvgIpc) is 2.83. The van der Waals surface area contributed by atoms with Crippen LogP contribution < -0.4 is 33.2 Å². The van der Waals surface area contributed by atoms with Crippen LogP contribution in [0.15, 0.2) is 29.3 Å². The maximum atomic E-state index is 13.0. The summed E-state index contributed by atoms with van der Waals surface area (Å²) in [4.78, 5) is 64.2. The minimum atomic E-state index is -1.42. The molecule has 0 fully saturated rings.